The monoisotopic (exact) mass is 269 g/mol. The number of allylic oxidation sites excluding steroid dienone is 2. The smallest absolute Gasteiger partial charge is 0.167 e. The van der Waals surface area contributed by atoms with Crippen LogP contribution in [0.5, 0.6) is 0 Å². The standard InChI is InChI=1S/C14H12FN5/c1-9-3-5-11(16-9)18-13-7-8-14(20(13)15)19-12-6-4-10(2)17-12/h3-8H,1-2H3. The zero-order valence-corrected chi connectivity index (χ0v) is 11.1. The van der Waals surface area contributed by atoms with Gasteiger partial charge < -0.3 is 0 Å². The van der Waals surface area contributed by atoms with Crippen LogP contribution in [0, 0.1) is 0 Å². The maximum absolute atomic E-state index is 14.1. The number of hydrogen-bond acceptors (Lipinski definition) is 2. The maximum Gasteiger partial charge on any atom is 0.167 e. The number of aliphatic imine (C=N–C) groups is 4. The van der Waals surface area contributed by atoms with E-state index in [4.69, 9.17) is 0 Å². The number of amidine groups is 2. The molecule has 5 nitrogen and oxygen atoms in total. The summed E-state index contributed by atoms with van der Waals surface area (Å²) in [6.45, 7) is 3.72. The molecule has 6 heteroatoms. The minimum Gasteiger partial charge on any atom is -0.234 e. The van der Waals surface area contributed by atoms with Gasteiger partial charge in [-0.15, -0.1) is 4.79 Å². The van der Waals surface area contributed by atoms with Crippen LogP contribution in [-0.2, 0) is 0 Å². The second kappa shape index (κ2) is 4.80. The van der Waals surface area contributed by atoms with Gasteiger partial charge in [-0.1, -0.05) is 4.48 Å². The predicted octanol–water partition coefficient (Wildman–Crippen LogP) is 3.34. The van der Waals surface area contributed by atoms with Crippen LogP contribution in [0.3, 0.4) is 0 Å². The summed E-state index contributed by atoms with van der Waals surface area (Å²) in [6.07, 6.45) is 7.13. The molecule has 2 aliphatic heterocycles. The molecule has 1 aromatic heterocycles. The number of halogens is 1. The Labute approximate surface area is 115 Å². The summed E-state index contributed by atoms with van der Waals surface area (Å²) in [5.41, 5.74) is 1.70. The van der Waals surface area contributed by atoms with Gasteiger partial charge in [0.05, 0.1) is 0 Å². The molecule has 0 saturated carbocycles. The van der Waals surface area contributed by atoms with Gasteiger partial charge in [0.25, 0.3) is 0 Å². The summed E-state index contributed by atoms with van der Waals surface area (Å²) in [5.74, 6) is 1.27. The molecule has 0 spiro atoms. The van der Waals surface area contributed by atoms with Gasteiger partial charge >= 0.3 is 0 Å². The SMILES string of the molecule is CC1=NC(=Nc2ccc(N=C3C=CC(C)=N3)n2F)C=C1. The molecule has 0 amide bonds. The molecular formula is C14H12FN5. The van der Waals surface area contributed by atoms with Gasteiger partial charge in [-0.3, -0.25) is 0 Å². The third kappa shape index (κ3) is 2.40. The van der Waals surface area contributed by atoms with E-state index in [-0.39, 0.29) is 11.6 Å². The fraction of sp³-hybridized carbons (Fsp3) is 0.143. The normalized spacial score (nSPS) is 21.1. The highest BCUT2D eigenvalue weighted by Crippen LogP contribution is 2.25. The molecule has 0 atom stereocenters. The fourth-order valence-electron chi connectivity index (χ4n) is 1.82. The predicted molar refractivity (Wildman–Crippen MR) is 79.6 cm³/mol. The van der Waals surface area contributed by atoms with E-state index in [2.05, 4.69) is 20.0 Å². The van der Waals surface area contributed by atoms with E-state index in [0.29, 0.717) is 16.5 Å². The number of hydrogen-bond donors (Lipinski definition) is 0. The maximum atomic E-state index is 14.1. The van der Waals surface area contributed by atoms with Crippen molar-refractivity contribution in [1.82, 2.24) is 4.79 Å². The minimum absolute atomic E-state index is 0.158. The third-order valence-corrected chi connectivity index (χ3v) is 2.77. The first-order chi connectivity index (χ1) is 9.61. The van der Waals surface area contributed by atoms with Crippen molar-refractivity contribution >= 4 is 34.7 Å². The number of nitrogens with zero attached hydrogens (tertiary/aromatic N) is 5. The van der Waals surface area contributed by atoms with Gasteiger partial charge in [0.2, 0.25) is 0 Å². The lowest BCUT2D eigenvalue weighted by Crippen LogP contribution is -1.89. The van der Waals surface area contributed by atoms with Crippen molar-refractivity contribution in [2.24, 2.45) is 20.0 Å². The summed E-state index contributed by atoms with van der Waals surface area (Å²) in [5, 5.41) is 0. The first-order valence-electron chi connectivity index (χ1n) is 6.14. The van der Waals surface area contributed by atoms with E-state index >= 15 is 0 Å². The molecule has 0 radical (unpaired) electrons. The molecule has 20 heavy (non-hydrogen) atoms. The Morgan fingerprint density at radius 3 is 1.65 bits per heavy atom. The molecule has 0 N–H and O–H groups in total. The van der Waals surface area contributed by atoms with E-state index < -0.39 is 0 Å². The number of rotatable bonds is 2. The van der Waals surface area contributed by atoms with E-state index in [9.17, 15) is 4.48 Å². The lowest BCUT2D eigenvalue weighted by Gasteiger charge is -1.96. The molecule has 0 bridgehead atoms. The zero-order valence-electron chi connectivity index (χ0n) is 11.1. The molecule has 0 aliphatic carbocycles. The Morgan fingerprint density at radius 2 is 1.30 bits per heavy atom. The molecule has 0 saturated heterocycles. The quantitative estimate of drug-likeness (QED) is 0.790. The summed E-state index contributed by atoms with van der Waals surface area (Å²) in [7, 11) is 0. The molecule has 3 rings (SSSR count). The fourth-order valence-corrected chi connectivity index (χ4v) is 1.82. The average Bonchev–Trinajstić information content (AvgIpc) is 3.08. The van der Waals surface area contributed by atoms with Crippen LogP contribution < -0.4 is 0 Å². The molecule has 0 fully saturated rings. The van der Waals surface area contributed by atoms with Crippen molar-refractivity contribution < 1.29 is 4.48 Å². The summed E-state index contributed by atoms with van der Waals surface area (Å²) in [6, 6.07) is 3.11. The van der Waals surface area contributed by atoms with Crippen molar-refractivity contribution in [2.75, 3.05) is 0 Å². The van der Waals surface area contributed by atoms with Gasteiger partial charge in [-0.05, 0) is 50.3 Å². The molecule has 2 aliphatic rings. The third-order valence-electron chi connectivity index (χ3n) is 2.77. The highest BCUT2D eigenvalue weighted by atomic mass is 19.2. The number of aromatic nitrogens is 1. The van der Waals surface area contributed by atoms with Crippen molar-refractivity contribution in [3.8, 4) is 0 Å². The Morgan fingerprint density at radius 1 is 0.850 bits per heavy atom. The van der Waals surface area contributed by atoms with E-state index in [1.807, 2.05) is 26.0 Å². The van der Waals surface area contributed by atoms with Crippen LogP contribution in [0.25, 0.3) is 0 Å². The van der Waals surface area contributed by atoms with Crippen LogP contribution in [0.2, 0.25) is 0 Å². The van der Waals surface area contributed by atoms with Crippen LogP contribution in [0.4, 0.5) is 16.1 Å². The van der Waals surface area contributed by atoms with Gasteiger partial charge in [0.15, 0.2) is 23.3 Å². The molecule has 1 aromatic rings. The molecule has 0 unspecified atom stereocenters. The van der Waals surface area contributed by atoms with E-state index in [1.54, 1.807) is 24.3 Å². The van der Waals surface area contributed by atoms with Gasteiger partial charge in [-0.25, -0.2) is 20.0 Å². The van der Waals surface area contributed by atoms with Gasteiger partial charge in [-0.2, -0.15) is 0 Å². The second-order valence-corrected chi connectivity index (χ2v) is 4.44. The van der Waals surface area contributed by atoms with Crippen molar-refractivity contribution in [1.29, 1.82) is 0 Å². The van der Waals surface area contributed by atoms with Gasteiger partial charge in [0, 0.05) is 11.4 Å². The topological polar surface area (TPSA) is 54.4 Å². The van der Waals surface area contributed by atoms with Crippen LogP contribution >= 0.6 is 0 Å². The van der Waals surface area contributed by atoms with Crippen LogP contribution in [0.15, 0.2) is 56.4 Å². The molecule has 3 heterocycles. The van der Waals surface area contributed by atoms with Gasteiger partial charge in [0.1, 0.15) is 0 Å². The Kier molecular flexibility index (Phi) is 2.98. The minimum atomic E-state index is 0.158. The van der Waals surface area contributed by atoms with Crippen molar-refractivity contribution in [2.45, 2.75) is 13.8 Å². The first kappa shape index (κ1) is 12.4. The highest BCUT2D eigenvalue weighted by Gasteiger charge is 2.10. The van der Waals surface area contributed by atoms with Crippen molar-refractivity contribution in [3.05, 3.63) is 36.4 Å². The Bertz CT molecular complexity index is 682. The van der Waals surface area contributed by atoms with E-state index in [0.717, 1.165) is 11.4 Å². The summed E-state index contributed by atoms with van der Waals surface area (Å²) >= 11 is 0. The second-order valence-electron chi connectivity index (χ2n) is 4.44. The summed E-state index contributed by atoms with van der Waals surface area (Å²) in [4.78, 5) is 17.0. The zero-order chi connectivity index (χ0) is 14.1. The Balaban J connectivity index is 1.91. The largest absolute Gasteiger partial charge is 0.234 e. The lowest BCUT2D eigenvalue weighted by atomic mass is 10.4. The summed E-state index contributed by atoms with van der Waals surface area (Å²) < 4.78 is 14.1. The molecule has 0 aromatic carbocycles. The van der Waals surface area contributed by atoms with E-state index in [1.165, 1.54) is 0 Å². The van der Waals surface area contributed by atoms with Crippen LogP contribution in [-0.4, -0.2) is 27.9 Å². The van der Waals surface area contributed by atoms with Crippen molar-refractivity contribution in [3.63, 3.8) is 0 Å². The average molecular weight is 269 g/mol. The lowest BCUT2D eigenvalue weighted by molar-refractivity contribution is 0.381. The highest BCUT2D eigenvalue weighted by molar-refractivity contribution is 6.15. The van der Waals surface area contributed by atoms with Crippen LogP contribution in [0.1, 0.15) is 13.8 Å². The molecule has 100 valence electrons. The Hall–Kier alpha value is -2.63. The first-order valence-corrected chi connectivity index (χ1v) is 6.14. The molecular weight excluding hydrogens is 257 g/mol.